The molecule has 3 aromatic rings. The fraction of sp³-hybridized carbons (Fsp3) is 0.370. The molecule has 9 nitrogen and oxygen atoms in total. The number of carbonyl (C=O) groups is 2. The maximum absolute atomic E-state index is 14.6. The Morgan fingerprint density at radius 2 is 1.85 bits per heavy atom. The monoisotopic (exact) mass is 562 g/mol. The second-order valence-corrected chi connectivity index (χ2v) is 9.64. The first-order valence-corrected chi connectivity index (χ1v) is 12.7. The van der Waals surface area contributed by atoms with Crippen LogP contribution in [0.1, 0.15) is 53.5 Å². The van der Waals surface area contributed by atoms with E-state index < -0.39 is 36.1 Å². The lowest BCUT2D eigenvalue weighted by Gasteiger charge is -2.19. The molecular formula is C27H26F4N4O5. The minimum atomic E-state index is -3.06. The largest absolute Gasteiger partial charge is 0.489 e. The molecule has 2 aliphatic rings. The lowest BCUT2D eigenvalue weighted by Crippen LogP contribution is -2.42. The molecule has 0 saturated heterocycles. The number of amides is 2. The van der Waals surface area contributed by atoms with E-state index in [0.29, 0.717) is 18.6 Å². The van der Waals surface area contributed by atoms with Crippen LogP contribution in [-0.2, 0) is 11.3 Å². The van der Waals surface area contributed by atoms with Crippen molar-refractivity contribution in [3.63, 3.8) is 0 Å². The molecule has 5 rings (SSSR count). The Morgan fingerprint density at radius 3 is 2.50 bits per heavy atom. The van der Waals surface area contributed by atoms with Crippen LogP contribution in [0.2, 0.25) is 0 Å². The molecular weight excluding hydrogens is 536 g/mol. The summed E-state index contributed by atoms with van der Waals surface area (Å²) in [5, 5.41) is 5.14. The molecule has 2 fully saturated rings. The summed E-state index contributed by atoms with van der Waals surface area (Å²) in [6.45, 7) is -3.00. The number of hydrogen-bond donors (Lipinski definition) is 3. The number of oxazole rings is 1. The van der Waals surface area contributed by atoms with E-state index in [0.717, 1.165) is 37.8 Å². The number of nitrogens with two attached hydrogens (primary N) is 1. The molecule has 0 spiro atoms. The second-order valence-electron chi connectivity index (χ2n) is 9.64. The van der Waals surface area contributed by atoms with Gasteiger partial charge in [0, 0.05) is 23.2 Å². The first-order valence-electron chi connectivity index (χ1n) is 12.7. The molecule has 212 valence electrons. The van der Waals surface area contributed by atoms with Crippen LogP contribution in [0.15, 0.2) is 40.8 Å². The standard InChI is InChI=1S/C27H26F4N4O5/c28-15-4-7-17(18(29)10-15)22(24(36)33-16-5-6-16)34-25(37)23-21(11-32)39-26(35-23)14-3-8-19(40-27(30)31)20(9-14)38-12-13-1-2-13/h3-4,7-10,13,16,22,27H,1-2,5-6,11-12,32H2,(H,33,36)(H,34,37). The van der Waals surface area contributed by atoms with Crippen LogP contribution in [0.3, 0.4) is 0 Å². The maximum Gasteiger partial charge on any atom is 0.387 e. The Morgan fingerprint density at radius 1 is 1.07 bits per heavy atom. The molecule has 13 heteroatoms. The minimum absolute atomic E-state index is 0.0400. The van der Waals surface area contributed by atoms with Crippen molar-refractivity contribution in [2.75, 3.05) is 6.61 Å². The van der Waals surface area contributed by atoms with Crippen molar-refractivity contribution >= 4 is 11.8 Å². The second kappa shape index (κ2) is 11.5. The topological polar surface area (TPSA) is 129 Å². The molecule has 1 atom stereocenters. The highest BCUT2D eigenvalue weighted by molar-refractivity contribution is 5.97. The molecule has 2 amide bonds. The highest BCUT2D eigenvalue weighted by atomic mass is 19.3. The van der Waals surface area contributed by atoms with E-state index in [1.165, 1.54) is 18.2 Å². The van der Waals surface area contributed by atoms with Crippen LogP contribution in [0, 0.1) is 17.6 Å². The number of aromatic nitrogens is 1. The van der Waals surface area contributed by atoms with E-state index in [2.05, 4.69) is 20.4 Å². The van der Waals surface area contributed by atoms with Gasteiger partial charge in [0.2, 0.25) is 11.8 Å². The van der Waals surface area contributed by atoms with Crippen LogP contribution < -0.4 is 25.8 Å². The average molecular weight is 563 g/mol. The van der Waals surface area contributed by atoms with Gasteiger partial charge in [-0.3, -0.25) is 9.59 Å². The summed E-state index contributed by atoms with van der Waals surface area (Å²) < 4.78 is 69.8. The van der Waals surface area contributed by atoms with Crippen molar-refractivity contribution in [3.05, 3.63) is 65.1 Å². The summed E-state index contributed by atoms with van der Waals surface area (Å²) in [6, 6.07) is 5.14. The van der Waals surface area contributed by atoms with Crippen molar-refractivity contribution < 1.29 is 41.0 Å². The van der Waals surface area contributed by atoms with Crippen molar-refractivity contribution in [1.82, 2.24) is 15.6 Å². The van der Waals surface area contributed by atoms with Crippen molar-refractivity contribution in [2.45, 2.75) is 50.9 Å². The molecule has 0 aliphatic heterocycles. The number of halogens is 4. The van der Waals surface area contributed by atoms with Crippen molar-refractivity contribution in [3.8, 4) is 23.0 Å². The molecule has 2 saturated carbocycles. The number of nitrogens with one attached hydrogen (secondary N) is 2. The Balaban J connectivity index is 1.42. The molecule has 0 bridgehead atoms. The number of benzene rings is 2. The highest BCUT2D eigenvalue weighted by Crippen LogP contribution is 2.37. The predicted molar refractivity (Wildman–Crippen MR) is 132 cm³/mol. The molecule has 2 aliphatic carbocycles. The number of hydrogen-bond acceptors (Lipinski definition) is 7. The highest BCUT2D eigenvalue weighted by Gasteiger charge is 2.33. The van der Waals surface area contributed by atoms with Gasteiger partial charge in [-0.05, 0) is 55.9 Å². The van der Waals surface area contributed by atoms with Crippen molar-refractivity contribution in [1.29, 1.82) is 0 Å². The maximum atomic E-state index is 14.6. The van der Waals surface area contributed by atoms with Crippen LogP contribution in [0.5, 0.6) is 11.5 Å². The Hall–Kier alpha value is -4.13. The molecule has 40 heavy (non-hydrogen) atoms. The van der Waals surface area contributed by atoms with Gasteiger partial charge >= 0.3 is 6.61 Å². The Kier molecular flexibility index (Phi) is 7.92. The summed E-state index contributed by atoms with van der Waals surface area (Å²) in [4.78, 5) is 30.4. The van der Waals surface area contributed by atoms with Gasteiger partial charge in [0.25, 0.3) is 5.91 Å². The minimum Gasteiger partial charge on any atom is -0.489 e. The van der Waals surface area contributed by atoms with E-state index in [1.807, 2.05) is 0 Å². The number of rotatable bonds is 12. The van der Waals surface area contributed by atoms with Crippen LogP contribution in [-0.4, -0.2) is 36.1 Å². The third kappa shape index (κ3) is 6.53. The van der Waals surface area contributed by atoms with Gasteiger partial charge in [-0.25, -0.2) is 13.8 Å². The van der Waals surface area contributed by atoms with Gasteiger partial charge in [-0.15, -0.1) is 0 Å². The molecule has 2 aromatic carbocycles. The fourth-order valence-corrected chi connectivity index (χ4v) is 3.96. The number of alkyl halides is 2. The fourth-order valence-electron chi connectivity index (χ4n) is 3.96. The number of nitrogens with zero attached hydrogens (tertiary/aromatic N) is 1. The van der Waals surface area contributed by atoms with Gasteiger partial charge in [-0.1, -0.05) is 6.07 Å². The van der Waals surface area contributed by atoms with Gasteiger partial charge in [0.15, 0.2) is 23.0 Å². The molecule has 4 N–H and O–H groups in total. The van der Waals surface area contributed by atoms with E-state index in [4.69, 9.17) is 14.9 Å². The zero-order valence-electron chi connectivity index (χ0n) is 21.1. The average Bonchev–Trinajstić information content (AvgIpc) is 3.85. The quantitative estimate of drug-likeness (QED) is 0.282. The normalized spacial score (nSPS) is 15.6. The first kappa shape index (κ1) is 27.4. The molecule has 1 heterocycles. The van der Waals surface area contributed by atoms with Crippen LogP contribution >= 0.6 is 0 Å². The lowest BCUT2D eigenvalue weighted by molar-refractivity contribution is -0.123. The Labute approximate surface area is 226 Å². The Bertz CT molecular complexity index is 1410. The summed E-state index contributed by atoms with van der Waals surface area (Å²) >= 11 is 0. The van der Waals surface area contributed by atoms with Gasteiger partial charge in [-0.2, -0.15) is 8.78 Å². The summed E-state index contributed by atoms with van der Waals surface area (Å²) in [5.74, 6) is -3.32. The van der Waals surface area contributed by atoms with E-state index in [9.17, 15) is 27.2 Å². The molecule has 1 unspecified atom stereocenters. The molecule has 0 radical (unpaired) electrons. The first-order chi connectivity index (χ1) is 19.2. The summed E-state index contributed by atoms with van der Waals surface area (Å²) in [6.07, 6.45) is 3.44. The van der Waals surface area contributed by atoms with E-state index in [-0.39, 0.29) is 52.6 Å². The van der Waals surface area contributed by atoms with Crippen LogP contribution in [0.4, 0.5) is 17.6 Å². The van der Waals surface area contributed by atoms with E-state index >= 15 is 0 Å². The third-order valence-corrected chi connectivity index (χ3v) is 6.41. The smallest absolute Gasteiger partial charge is 0.387 e. The van der Waals surface area contributed by atoms with Gasteiger partial charge in [0.1, 0.15) is 17.7 Å². The predicted octanol–water partition coefficient (Wildman–Crippen LogP) is 4.22. The number of carbonyl (C=O) groups excluding carboxylic acids is 2. The zero-order valence-corrected chi connectivity index (χ0v) is 21.1. The van der Waals surface area contributed by atoms with Gasteiger partial charge < -0.3 is 30.3 Å². The van der Waals surface area contributed by atoms with Crippen molar-refractivity contribution in [2.24, 2.45) is 11.7 Å². The third-order valence-electron chi connectivity index (χ3n) is 6.41. The summed E-state index contributed by atoms with van der Waals surface area (Å²) in [5.41, 5.74) is 5.55. The molecule has 1 aromatic heterocycles. The summed E-state index contributed by atoms with van der Waals surface area (Å²) in [7, 11) is 0. The van der Waals surface area contributed by atoms with Crippen LogP contribution in [0.25, 0.3) is 11.5 Å². The SMILES string of the molecule is NCc1oc(-c2ccc(OC(F)F)c(OCC3CC3)c2)nc1C(=O)NC(C(=O)NC1CC1)c1ccc(F)cc1F. The van der Waals surface area contributed by atoms with Gasteiger partial charge in [0.05, 0.1) is 13.2 Å². The zero-order chi connectivity index (χ0) is 28.4. The number of ether oxygens (including phenoxy) is 2. The lowest BCUT2D eigenvalue weighted by atomic mass is 10.0. The van der Waals surface area contributed by atoms with E-state index in [1.54, 1.807) is 0 Å².